The van der Waals surface area contributed by atoms with E-state index in [0.717, 1.165) is 16.7 Å². The van der Waals surface area contributed by atoms with Gasteiger partial charge in [0.15, 0.2) is 5.76 Å². The van der Waals surface area contributed by atoms with E-state index in [2.05, 4.69) is 0 Å². The predicted molar refractivity (Wildman–Crippen MR) is 113 cm³/mol. The van der Waals surface area contributed by atoms with Crippen LogP contribution < -0.4 is 14.2 Å². The van der Waals surface area contributed by atoms with E-state index >= 15 is 0 Å². The topological polar surface area (TPSA) is 44.8 Å². The quantitative estimate of drug-likeness (QED) is 0.498. The fourth-order valence-corrected chi connectivity index (χ4v) is 3.36. The van der Waals surface area contributed by atoms with Crippen LogP contribution in [0.4, 0.5) is 0 Å². The number of halogens is 1. The molecule has 3 aromatic rings. The second-order valence-electron chi connectivity index (χ2n) is 6.71. The van der Waals surface area contributed by atoms with Crippen molar-refractivity contribution < 1.29 is 19.0 Å². The van der Waals surface area contributed by atoms with E-state index in [9.17, 15) is 4.79 Å². The van der Waals surface area contributed by atoms with Crippen LogP contribution in [-0.4, -0.2) is 12.9 Å². The van der Waals surface area contributed by atoms with Crippen LogP contribution in [0.3, 0.4) is 0 Å². The van der Waals surface area contributed by atoms with E-state index < -0.39 is 0 Å². The van der Waals surface area contributed by atoms with Gasteiger partial charge in [-0.25, -0.2) is 0 Å². The lowest BCUT2D eigenvalue weighted by Crippen LogP contribution is -2.00. The number of carbonyl (C=O) groups excluding carboxylic acids is 1. The Labute approximate surface area is 174 Å². The molecule has 146 valence electrons. The standard InChI is InChI=1S/C24H19ClO4/c1-15-11-19(28-14-16-7-9-18(25)10-8-16)13-21-23(15)24(26)22(29-21)12-17-5-3-4-6-20(17)27-2/h3-13H,14H2,1-2H3/b22-12-. The molecule has 0 N–H and O–H groups in total. The SMILES string of the molecule is COc1ccccc1/C=C1\Oc2cc(OCc3ccc(Cl)cc3)cc(C)c2C1=O. The molecular formula is C24H19ClO4. The summed E-state index contributed by atoms with van der Waals surface area (Å²) in [6.07, 6.45) is 1.70. The average Bonchev–Trinajstić information content (AvgIpc) is 3.03. The normalized spacial score (nSPS) is 13.9. The van der Waals surface area contributed by atoms with Gasteiger partial charge in [0.05, 0.1) is 12.7 Å². The van der Waals surface area contributed by atoms with E-state index in [1.807, 2.05) is 61.5 Å². The molecule has 0 radical (unpaired) electrons. The summed E-state index contributed by atoms with van der Waals surface area (Å²) >= 11 is 5.92. The van der Waals surface area contributed by atoms with Gasteiger partial charge >= 0.3 is 0 Å². The van der Waals surface area contributed by atoms with Gasteiger partial charge in [-0.2, -0.15) is 0 Å². The van der Waals surface area contributed by atoms with Crippen LogP contribution in [0.5, 0.6) is 17.2 Å². The molecule has 0 saturated carbocycles. The molecule has 1 aliphatic rings. The van der Waals surface area contributed by atoms with E-state index in [1.165, 1.54) is 0 Å². The number of rotatable bonds is 5. The van der Waals surface area contributed by atoms with E-state index in [-0.39, 0.29) is 11.5 Å². The maximum absolute atomic E-state index is 12.9. The van der Waals surface area contributed by atoms with E-state index in [1.54, 1.807) is 19.3 Å². The van der Waals surface area contributed by atoms with Gasteiger partial charge in [-0.15, -0.1) is 0 Å². The Bertz CT molecular complexity index is 1100. The molecule has 0 fully saturated rings. The molecule has 0 unspecified atom stereocenters. The molecule has 3 aromatic carbocycles. The van der Waals surface area contributed by atoms with E-state index in [0.29, 0.717) is 34.4 Å². The first-order chi connectivity index (χ1) is 14.0. The van der Waals surface area contributed by atoms with Crippen molar-refractivity contribution in [3.63, 3.8) is 0 Å². The number of ketones is 1. The van der Waals surface area contributed by atoms with E-state index in [4.69, 9.17) is 25.8 Å². The fraction of sp³-hybridized carbons (Fsp3) is 0.125. The maximum Gasteiger partial charge on any atom is 0.232 e. The average molecular weight is 407 g/mol. The Kier molecular flexibility index (Phi) is 5.28. The number of fused-ring (bicyclic) bond motifs is 1. The summed E-state index contributed by atoms with van der Waals surface area (Å²) in [5, 5.41) is 0.684. The lowest BCUT2D eigenvalue weighted by Gasteiger charge is -2.09. The first-order valence-electron chi connectivity index (χ1n) is 9.14. The van der Waals surface area contributed by atoms with Gasteiger partial charge in [-0.1, -0.05) is 41.9 Å². The second-order valence-corrected chi connectivity index (χ2v) is 7.15. The van der Waals surface area contributed by atoms with Crippen LogP contribution in [0.15, 0.2) is 66.4 Å². The van der Waals surface area contributed by atoms with Crippen LogP contribution in [0.25, 0.3) is 6.08 Å². The van der Waals surface area contributed by atoms with Crippen LogP contribution in [0, 0.1) is 6.92 Å². The third kappa shape index (κ3) is 3.98. The van der Waals surface area contributed by atoms with Crippen LogP contribution in [0.1, 0.15) is 27.0 Å². The van der Waals surface area contributed by atoms with Crippen molar-refractivity contribution >= 4 is 23.5 Å². The first-order valence-corrected chi connectivity index (χ1v) is 9.52. The number of methoxy groups -OCH3 is 1. The molecule has 0 aliphatic carbocycles. The van der Waals surface area contributed by atoms with Gasteiger partial charge in [0.2, 0.25) is 5.78 Å². The molecule has 1 aliphatic heterocycles. The fourth-order valence-electron chi connectivity index (χ4n) is 3.23. The molecule has 29 heavy (non-hydrogen) atoms. The number of hydrogen-bond acceptors (Lipinski definition) is 4. The summed E-state index contributed by atoms with van der Waals surface area (Å²) in [5.74, 6) is 1.94. The summed E-state index contributed by atoms with van der Waals surface area (Å²) in [4.78, 5) is 12.9. The van der Waals surface area contributed by atoms with Gasteiger partial charge in [-0.05, 0) is 48.4 Å². The zero-order chi connectivity index (χ0) is 20.4. The Morgan fingerprint density at radius 3 is 2.59 bits per heavy atom. The maximum atomic E-state index is 12.9. The zero-order valence-electron chi connectivity index (χ0n) is 16.1. The van der Waals surface area contributed by atoms with Crippen molar-refractivity contribution in [2.24, 2.45) is 0 Å². The monoisotopic (exact) mass is 406 g/mol. The molecule has 0 aromatic heterocycles. The van der Waals surface area contributed by atoms with Crippen LogP contribution in [0.2, 0.25) is 5.02 Å². The number of para-hydroxylation sites is 1. The van der Waals surface area contributed by atoms with Gasteiger partial charge in [0.25, 0.3) is 0 Å². The molecule has 4 rings (SSSR count). The van der Waals surface area contributed by atoms with Crippen molar-refractivity contribution in [3.05, 3.63) is 93.7 Å². The molecule has 5 heteroatoms. The molecule has 0 spiro atoms. The molecule has 0 bridgehead atoms. The minimum Gasteiger partial charge on any atom is -0.496 e. The van der Waals surface area contributed by atoms with Crippen molar-refractivity contribution in [2.45, 2.75) is 13.5 Å². The largest absolute Gasteiger partial charge is 0.496 e. The number of allylic oxidation sites excluding steroid dienone is 1. The minimum absolute atomic E-state index is 0.146. The van der Waals surface area contributed by atoms with Crippen molar-refractivity contribution in [3.8, 4) is 17.2 Å². The lowest BCUT2D eigenvalue weighted by atomic mass is 10.0. The number of Topliss-reactive ketones (excluding diaryl/α,β-unsaturated/α-hetero) is 1. The summed E-state index contributed by atoms with van der Waals surface area (Å²) < 4.78 is 17.1. The highest BCUT2D eigenvalue weighted by molar-refractivity contribution is 6.30. The Balaban J connectivity index is 1.58. The highest BCUT2D eigenvalue weighted by Gasteiger charge is 2.30. The Morgan fingerprint density at radius 1 is 1.07 bits per heavy atom. The summed E-state index contributed by atoms with van der Waals surface area (Å²) in [5.41, 5.74) is 3.15. The number of hydrogen-bond donors (Lipinski definition) is 0. The molecule has 0 amide bonds. The zero-order valence-corrected chi connectivity index (χ0v) is 16.8. The Hall–Kier alpha value is -3.24. The first kappa shape index (κ1) is 19.1. The summed E-state index contributed by atoms with van der Waals surface area (Å²) in [7, 11) is 1.60. The van der Waals surface area contributed by atoms with Gasteiger partial charge in [0.1, 0.15) is 23.9 Å². The molecule has 0 atom stereocenters. The second kappa shape index (κ2) is 8.02. The summed E-state index contributed by atoms with van der Waals surface area (Å²) in [6, 6.07) is 18.5. The minimum atomic E-state index is -0.146. The number of carbonyl (C=O) groups is 1. The highest BCUT2D eigenvalue weighted by atomic mass is 35.5. The smallest absolute Gasteiger partial charge is 0.232 e. The number of aryl methyl sites for hydroxylation is 1. The highest BCUT2D eigenvalue weighted by Crippen LogP contribution is 2.38. The predicted octanol–water partition coefficient (Wildman–Crippen LogP) is 5.85. The Morgan fingerprint density at radius 2 is 1.83 bits per heavy atom. The molecule has 0 saturated heterocycles. The lowest BCUT2D eigenvalue weighted by molar-refractivity contribution is 0.101. The van der Waals surface area contributed by atoms with Crippen molar-refractivity contribution in [2.75, 3.05) is 7.11 Å². The van der Waals surface area contributed by atoms with Crippen molar-refractivity contribution in [1.82, 2.24) is 0 Å². The van der Waals surface area contributed by atoms with Crippen LogP contribution in [-0.2, 0) is 6.61 Å². The molecular weight excluding hydrogens is 388 g/mol. The molecule has 1 heterocycles. The van der Waals surface area contributed by atoms with Gasteiger partial charge in [-0.3, -0.25) is 4.79 Å². The number of ether oxygens (including phenoxy) is 3. The third-order valence-corrected chi connectivity index (χ3v) is 4.94. The third-order valence-electron chi connectivity index (χ3n) is 4.69. The van der Waals surface area contributed by atoms with Crippen molar-refractivity contribution in [1.29, 1.82) is 0 Å². The van der Waals surface area contributed by atoms with Gasteiger partial charge in [0, 0.05) is 16.7 Å². The summed E-state index contributed by atoms with van der Waals surface area (Å²) in [6.45, 7) is 2.27. The molecule has 4 nitrogen and oxygen atoms in total. The number of benzene rings is 3. The van der Waals surface area contributed by atoms with Gasteiger partial charge < -0.3 is 14.2 Å². The van der Waals surface area contributed by atoms with Crippen LogP contribution >= 0.6 is 11.6 Å².